The normalized spacial score (nSPS) is 30.4. The average molecular weight is 225 g/mol. The fraction of sp³-hybridized carbons (Fsp3) is 1.00. The van der Waals surface area contributed by atoms with Crippen molar-refractivity contribution < 1.29 is 4.74 Å². The van der Waals surface area contributed by atoms with Gasteiger partial charge in [-0.05, 0) is 32.1 Å². The van der Waals surface area contributed by atoms with Crippen molar-refractivity contribution in [2.24, 2.45) is 0 Å². The van der Waals surface area contributed by atoms with E-state index in [1.165, 1.54) is 64.2 Å². The Morgan fingerprint density at radius 2 is 1.25 bits per heavy atom. The Bertz CT molecular complexity index is 168. The van der Waals surface area contributed by atoms with Crippen molar-refractivity contribution in [3.05, 3.63) is 0 Å². The minimum absolute atomic E-state index is 0.729. The molecule has 1 N–H and O–H groups in total. The monoisotopic (exact) mass is 225 g/mol. The molecular formula is C14H27NO. The first-order chi connectivity index (χ1) is 7.95. The summed E-state index contributed by atoms with van der Waals surface area (Å²) in [5, 5.41) is 3.89. The Kier molecular flexibility index (Phi) is 5.64. The van der Waals surface area contributed by atoms with E-state index in [1.807, 2.05) is 0 Å². The maximum absolute atomic E-state index is 5.52. The Hall–Kier alpha value is -0.0800. The molecule has 2 rings (SSSR count). The molecule has 0 aromatic carbocycles. The summed E-state index contributed by atoms with van der Waals surface area (Å²) in [4.78, 5) is 0. The summed E-state index contributed by atoms with van der Waals surface area (Å²) in [6, 6.07) is 1.52. The maximum Gasteiger partial charge on any atom is 0.0480 e. The third kappa shape index (κ3) is 4.42. The first kappa shape index (κ1) is 12.4. The van der Waals surface area contributed by atoms with Crippen molar-refractivity contribution in [2.75, 3.05) is 13.2 Å². The van der Waals surface area contributed by atoms with Gasteiger partial charge < -0.3 is 10.1 Å². The van der Waals surface area contributed by atoms with Crippen LogP contribution in [0.1, 0.15) is 64.2 Å². The predicted molar refractivity (Wildman–Crippen MR) is 67.7 cm³/mol. The topological polar surface area (TPSA) is 21.3 Å². The molecule has 0 aromatic rings. The molecule has 0 radical (unpaired) electrons. The van der Waals surface area contributed by atoms with Gasteiger partial charge in [-0.15, -0.1) is 0 Å². The molecule has 1 aliphatic carbocycles. The summed E-state index contributed by atoms with van der Waals surface area (Å²) in [5.41, 5.74) is 0. The van der Waals surface area contributed by atoms with E-state index in [9.17, 15) is 0 Å². The molecule has 1 unspecified atom stereocenters. The lowest BCUT2D eigenvalue weighted by atomic mass is 9.95. The molecule has 0 aromatic heterocycles. The van der Waals surface area contributed by atoms with Crippen molar-refractivity contribution in [1.82, 2.24) is 5.32 Å². The van der Waals surface area contributed by atoms with Gasteiger partial charge in [-0.1, -0.05) is 32.1 Å². The zero-order valence-corrected chi connectivity index (χ0v) is 10.5. The SMILES string of the molecule is C1CCCC(NC2CCCOCC2)CCC1. The molecule has 0 bridgehead atoms. The molecule has 94 valence electrons. The minimum atomic E-state index is 0.729. The predicted octanol–water partition coefficient (Wildman–Crippen LogP) is 3.26. The van der Waals surface area contributed by atoms with Crippen LogP contribution in [0.15, 0.2) is 0 Å². The molecule has 1 saturated heterocycles. The summed E-state index contributed by atoms with van der Waals surface area (Å²) in [6.07, 6.45) is 13.8. The summed E-state index contributed by atoms with van der Waals surface area (Å²) < 4.78 is 5.52. The fourth-order valence-corrected chi connectivity index (χ4v) is 3.03. The summed E-state index contributed by atoms with van der Waals surface area (Å²) in [6.45, 7) is 1.94. The van der Waals surface area contributed by atoms with Crippen molar-refractivity contribution in [3.63, 3.8) is 0 Å². The van der Waals surface area contributed by atoms with E-state index in [0.29, 0.717) is 0 Å². The van der Waals surface area contributed by atoms with Crippen LogP contribution in [-0.4, -0.2) is 25.3 Å². The lowest BCUT2D eigenvalue weighted by Gasteiger charge is -2.26. The molecule has 1 saturated carbocycles. The quantitative estimate of drug-likeness (QED) is 0.779. The van der Waals surface area contributed by atoms with Crippen LogP contribution in [0.4, 0.5) is 0 Å². The van der Waals surface area contributed by atoms with Gasteiger partial charge in [-0.25, -0.2) is 0 Å². The van der Waals surface area contributed by atoms with Gasteiger partial charge in [0.1, 0.15) is 0 Å². The summed E-state index contributed by atoms with van der Waals surface area (Å²) >= 11 is 0. The van der Waals surface area contributed by atoms with Crippen LogP contribution >= 0.6 is 0 Å². The van der Waals surface area contributed by atoms with Gasteiger partial charge in [0.15, 0.2) is 0 Å². The van der Waals surface area contributed by atoms with Crippen LogP contribution in [0.2, 0.25) is 0 Å². The van der Waals surface area contributed by atoms with E-state index in [4.69, 9.17) is 4.74 Å². The van der Waals surface area contributed by atoms with Crippen LogP contribution in [0.3, 0.4) is 0 Å². The highest BCUT2D eigenvalue weighted by atomic mass is 16.5. The second-order valence-corrected chi connectivity index (χ2v) is 5.45. The van der Waals surface area contributed by atoms with Gasteiger partial charge in [0.25, 0.3) is 0 Å². The van der Waals surface area contributed by atoms with Crippen molar-refractivity contribution >= 4 is 0 Å². The van der Waals surface area contributed by atoms with E-state index in [2.05, 4.69) is 5.32 Å². The number of hydrogen-bond donors (Lipinski definition) is 1. The van der Waals surface area contributed by atoms with E-state index < -0.39 is 0 Å². The molecule has 0 amide bonds. The van der Waals surface area contributed by atoms with Crippen LogP contribution < -0.4 is 5.32 Å². The van der Waals surface area contributed by atoms with Crippen molar-refractivity contribution in [3.8, 4) is 0 Å². The first-order valence-electron chi connectivity index (χ1n) is 7.29. The molecular weight excluding hydrogens is 198 g/mol. The van der Waals surface area contributed by atoms with Crippen LogP contribution in [0.25, 0.3) is 0 Å². The zero-order valence-electron chi connectivity index (χ0n) is 10.5. The number of hydrogen-bond acceptors (Lipinski definition) is 2. The fourth-order valence-electron chi connectivity index (χ4n) is 3.03. The third-order valence-electron chi connectivity index (χ3n) is 4.03. The van der Waals surface area contributed by atoms with Gasteiger partial charge in [0.2, 0.25) is 0 Å². The molecule has 2 aliphatic rings. The molecule has 16 heavy (non-hydrogen) atoms. The van der Waals surface area contributed by atoms with Gasteiger partial charge >= 0.3 is 0 Å². The van der Waals surface area contributed by atoms with E-state index in [0.717, 1.165) is 25.3 Å². The second-order valence-electron chi connectivity index (χ2n) is 5.45. The standard InChI is InChI=1S/C14H27NO/c1-2-4-7-13(8-5-3-1)15-14-9-6-11-16-12-10-14/h13-15H,1-12H2. The summed E-state index contributed by atoms with van der Waals surface area (Å²) in [5.74, 6) is 0. The van der Waals surface area contributed by atoms with E-state index >= 15 is 0 Å². The highest BCUT2D eigenvalue weighted by Gasteiger charge is 2.17. The Balaban J connectivity index is 1.72. The van der Waals surface area contributed by atoms with Gasteiger partial charge in [0.05, 0.1) is 0 Å². The lowest BCUT2D eigenvalue weighted by molar-refractivity contribution is 0.142. The molecule has 2 nitrogen and oxygen atoms in total. The van der Waals surface area contributed by atoms with Gasteiger partial charge in [0, 0.05) is 25.3 Å². The van der Waals surface area contributed by atoms with Gasteiger partial charge in [-0.3, -0.25) is 0 Å². The number of rotatable bonds is 2. The van der Waals surface area contributed by atoms with E-state index in [-0.39, 0.29) is 0 Å². The second kappa shape index (κ2) is 7.29. The Labute approximate surface area is 100 Å². The highest BCUT2D eigenvalue weighted by molar-refractivity contribution is 4.77. The largest absolute Gasteiger partial charge is 0.381 e. The molecule has 1 atom stereocenters. The lowest BCUT2D eigenvalue weighted by Crippen LogP contribution is -2.38. The smallest absolute Gasteiger partial charge is 0.0480 e. The molecule has 1 aliphatic heterocycles. The number of nitrogens with one attached hydrogen (secondary N) is 1. The Morgan fingerprint density at radius 3 is 2.06 bits per heavy atom. The van der Waals surface area contributed by atoms with Crippen LogP contribution in [-0.2, 0) is 4.74 Å². The Morgan fingerprint density at radius 1 is 0.625 bits per heavy atom. The molecule has 0 spiro atoms. The average Bonchev–Trinajstić information content (AvgIpc) is 2.50. The third-order valence-corrected chi connectivity index (χ3v) is 4.03. The van der Waals surface area contributed by atoms with Crippen molar-refractivity contribution in [2.45, 2.75) is 76.3 Å². The zero-order chi connectivity index (χ0) is 11.1. The minimum Gasteiger partial charge on any atom is -0.381 e. The summed E-state index contributed by atoms with van der Waals surface area (Å²) in [7, 11) is 0. The van der Waals surface area contributed by atoms with Crippen LogP contribution in [0.5, 0.6) is 0 Å². The number of ether oxygens (including phenoxy) is 1. The first-order valence-corrected chi connectivity index (χ1v) is 7.29. The van der Waals surface area contributed by atoms with E-state index in [1.54, 1.807) is 0 Å². The molecule has 2 fully saturated rings. The van der Waals surface area contributed by atoms with Crippen LogP contribution in [0, 0.1) is 0 Å². The molecule has 2 heteroatoms. The van der Waals surface area contributed by atoms with Gasteiger partial charge in [-0.2, -0.15) is 0 Å². The maximum atomic E-state index is 5.52. The molecule has 1 heterocycles. The van der Waals surface area contributed by atoms with Crippen molar-refractivity contribution in [1.29, 1.82) is 0 Å². The highest BCUT2D eigenvalue weighted by Crippen LogP contribution is 2.19.